The maximum absolute atomic E-state index is 11.9. The van der Waals surface area contributed by atoms with E-state index in [1.807, 2.05) is 29.1 Å². The fourth-order valence-electron chi connectivity index (χ4n) is 2.33. The van der Waals surface area contributed by atoms with Crippen LogP contribution in [0.5, 0.6) is 0 Å². The van der Waals surface area contributed by atoms with Gasteiger partial charge in [0.15, 0.2) is 5.13 Å². The van der Waals surface area contributed by atoms with Crippen LogP contribution in [-0.4, -0.2) is 48.5 Å². The van der Waals surface area contributed by atoms with E-state index >= 15 is 0 Å². The van der Waals surface area contributed by atoms with Gasteiger partial charge in [-0.05, 0) is 11.4 Å². The number of anilines is 1. The molecule has 21 heavy (non-hydrogen) atoms. The van der Waals surface area contributed by atoms with Gasteiger partial charge in [0.25, 0.3) is 0 Å². The molecule has 1 amide bonds. The third kappa shape index (κ3) is 4.03. The van der Waals surface area contributed by atoms with Crippen LogP contribution >= 0.6 is 22.7 Å². The molecule has 3 heterocycles. The maximum atomic E-state index is 11.9. The molecule has 0 spiro atoms. The van der Waals surface area contributed by atoms with Crippen molar-refractivity contribution in [1.82, 2.24) is 15.2 Å². The number of nitrogens with one attached hydrogen (secondary N) is 1. The first-order chi connectivity index (χ1) is 10.3. The Kier molecular flexibility index (Phi) is 4.84. The number of hydrogen-bond acceptors (Lipinski definition) is 6. The standard InChI is InChI=1S/C14H18N4OS2/c19-13(16-10-12-2-1-8-20-12)11-17-4-6-18(7-5-17)14-15-3-9-21-14/h1-3,8-9H,4-7,10-11H2,(H,16,19). The molecule has 5 nitrogen and oxygen atoms in total. The van der Waals surface area contributed by atoms with E-state index < -0.39 is 0 Å². The largest absolute Gasteiger partial charge is 0.350 e. The summed E-state index contributed by atoms with van der Waals surface area (Å²) >= 11 is 3.34. The third-order valence-electron chi connectivity index (χ3n) is 3.47. The van der Waals surface area contributed by atoms with Gasteiger partial charge >= 0.3 is 0 Å². The van der Waals surface area contributed by atoms with Crippen molar-refractivity contribution >= 4 is 33.7 Å². The second kappa shape index (κ2) is 7.02. The van der Waals surface area contributed by atoms with Gasteiger partial charge in [0, 0.05) is 42.6 Å². The molecule has 1 saturated heterocycles. The van der Waals surface area contributed by atoms with Gasteiger partial charge in [-0.3, -0.25) is 9.69 Å². The van der Waals surface area contributed by atoms with Crippen LogP contribution in [-0.2, 0) is 11.3 Å². The van der Waals surface area contributed by atoms with E-state index in [9.17, 15) is 4.79 Å². The Bertz CT molecular complexity index is 548. The predicted octanol–water partition coefficient (Wildman–Crippen LogP) is 1.64. The smallest absolute Gasteiger partial charge is 0.234 e. The lowest BCUT2D eigenvalue weighted by atomic mass is 10.3. The highest BCUT2D eigenvalue weighted by atomic mass is 32.1. The van der Waals surface area contributed by atoms with Gasteiger partial charge in [0.1, 0.15) is 0 Å². The number of hydrogen-bond donors (Lipinski definition) is 1. The molecule has 0 aliphatic carbocycles. The van der Waals surface area contributed by atoms with E-state index in [1.165, 1.54) is 4.88 Å². The molecule has 0 atom stereocenters. The summed E-state index contributed by atoms with van der Waals surface area (Å²) in [6.07, 6.45) is 1.84. The molecule has 1 aliphatic rings. The van der Waals surface area contributed by atoms with Crippen LogP contribution in [0, 0.1) is 0 Å². The summed E-state index contributed by atoms with van der Waals surface area (Å²) in [6.45, 7) is 4.81. The minimum atomic E-state index is 0.103. The molecule has 112 valence electrons. The molecule has 0 aromatic carbocycles. The van der Waals surface area contributed by atoms with Crippen molar-refractivity contribution in [2.45, 2.75) is 6.54 Å². The van der Waals surface area contributed by atoms with Gasteiger partial charge in [-0.25, -0.2) is 4.98 Å². The van der Waals surface area contributed by atoms with Crippen LogP contribution in [0.4, 0.5) is 5.13 Å². The van der Waals surface area contributed by atoms with E-state index in [2.05, 4.69) is 20.1 Å². The number of aromatic nitrogens is 1. The summed E-state index contributed by atoms with van der Waals surface area (Å²) in [5, 5.41) is 8.08. The lowest BCUT2D eigenvalue weighted by molar-refractivity contribution is -0.122. The van der Waals surface area contributed by atoms with Crippen molar-refractivity contribution in [2.75, 3.05) is 37.6 Å². The second-order valence-electron chi connectivity index (χ2n) is 4.93. The summed E-state index contributed by atoms with van der Waals surface area (Å²) in [4.78, 5) is 22.0. The Balaban J connectivity index is 1.39. The highest BCUT2D eigenvalue weighted by molar-refractivity contribution is 7.13. The first-order valence-corrected chi connectivity index (χ1v) is 8.73. The molecule has 1 fully saturated rings. The minimum Gasteiger partial charge on any atom is -0.350 e. The van der Waals surface area contributed by atoms with Crippen LogP contribution in [0.2, 0.25) is 0 Å². The first-order valence-electron chi connectivity index (χ1n) is 6.97. The Morgan fingerprint density at radius 2 is 2.10 bits per heavy atom. The van der Waals surface area contributed by atoms with Gasteiger partial charge in [-0.15, -0.1) is 22.7 Å². The van der Waals surface area contributed by atoms with Crippen LogP contribution in [0.1, 0.15) is 4.88 Å². The number of carbonyl (C=O) groups excluding carboxylic acids is 1. The van der Waals surface area contributed by atoms with Crippen molar-refractivity contribution in [3.05, 3.63) is 34.0 Å². The van der Waals surface area contributed by atoms with E-state index in [0.29, 0.717) is 13.1 Å². The molecule has 7 heteroatoms. The number of rotatable bonds is 5. The summed E-state index contributed by atoms with van der Waals surface area (Å²) in [5.74, 6) is 0.103. The number of amides is 1. The molecule has 3 rings (SSSR count). The van der Waals surface area contributed by atoms with E-state index in [4.69, 9.17) is 0 Å². The van der Waals surface area contributed by atoms with Gasteiger partial charge in [0.05, 0.1) is 13.1 Å². The van der Waals surface area contributed by atoms with E-state index in [0.717, 1.165) is 31.3 Å². The second-order valence-corrected chi connectivity index (χ2v) is 6.84. The van der Waals surface area contributed by atoms with Gasteiger partial charge < -0.3 is 10.2 Å². The predicted molar refractivity (Wildman–Crippen MR) is 86.9 cm³/mol. The molecule has 2 aromatic rings. The molecule has 1 N–H and O–H groups in total. The van der Waals surface area contributed by atoms with Crippen LogP contribution in [0.3, 0.4) is 0 Å². The quantitative estimate of drug-likeness (QED) is 0.909. The highest BCUT2D eigenvalue weighted by Crippen LogP contribution is 2.18. The normalized spacial score (nSPS) is 16.1. The summed E-state index contributed by atoms with van der Waals surface area (Å²) in [6, 6.07) is 4.04. The fourth-order valence-corrected chi connectivity index (χ4v) is 3.67. The van der Waals surface area contributed by atoms with Crippen molar-refractivity contribution in [2.24, 2.45) is 0 Å². The molecular weight excluding hydrogens is 304 g/mol. The van der Waals surface area contributed by atoms with Crippen LogP contribution in [0.15, 0.2) is 29.1 Å². The molecule has 0 radical (unpaired) electrons. The van der Waals surface area contributed by atoms with Gasteiger partial charge in [0.2, 0.25) is 5.91 Å². The lowest BCUT2D eigenvalue weighted by Crippen LogP contribution is -2.49. The number of thiophene rings is 1. The number of thiazole rings is 1. The number of piperazine rings is 1. The zero-order valence-electron chi connectivity index (χ0n) is 11.7. The van der Waals surface area contributed by atoms with Crippen LogP contribution in [0.25, 0.3) is 0 Å². The maximum Gasteiger partial charge on any atom is 0.234 e. The monoisotopic (exact) mass is 322 g/mol. The zero-order valence-corrected chi connectivity index (χ0v) is 13.3. The number of nitrogens with zero attached hydrogens (tertiary/aromatic N) is 3. The average molecular weight is 322 g/mol. The zero-order chi connectivity index (χ0) is 14.5. The van der Waals surface area contributed by atoms with E-state index in [-0.39, 0.29) is 5.91 Å². The molecular formula is C14H18N4OS2. The topological polar surface area (TPSA) is 48.5 Å². The SMILES string of the molecule is O=C(CN1CCN(c2nccs2)CC1)NCc1cccs1. The average Bonchev–Trinajstić information content (AvgIpc) is 3.19. The molecule has 0 unspecified atom stereocenters. The summed E-state index contributed by atoms with van der Waals surface area (Å²) < 4.78 is 0. The van der Waals surface area contributed by atoms with Crippen molar-refractivity contribution in [1.29, 1.82) is 0 Å². The summed E-state index contributed by atoms with van der Waals surface area (Å²) in [7, 11) is 0. The Labute approximate surface area is 132 Å². The first kappa shape index (κ1) is 14.5. The Hall–Kier alpha value is -1.44. The molecule has 2 aromatic heterocycles. The minimum absolute atomic E-state index is 0.103. The Morgan fingerprint density at radius 3 is 2.76 bits per heavy atom. The fraction of sp³-hybridized carbons (Fsp3) is 0.429. The van der Waals surface area contributed by atoms with Crippen molar-refractivity contribution in [3.8, 4) is 0 Å². The molecule has 0 bridgehead atoms. The van der Waals surface area contributed by atoms with Gasteiger partial charge in [-0.1, -0.05) is 6.07 Å². The molecule has 0 saturated carbocycles. The Morgan fingerprint density at radius 1 is 1.24 bits per heavy atom. The van der Waals surface area contributed by atoms with Crippen LogP contribution < -0.4 is 10.2 Å². The van der Waals surface area contributed by atoms with Crippen molar-refractivity contribution < 1.29 is 4.79 Å². The number of carbonyl (C=O) groups is 1. The van der Waals surface area contributed by atoms with E-state index in [1.54, 1.807) is 22.7 Å². The third-order valence-corrected chi connectivity index (χ3v) is 5.18. The highest BCUT2D eigenvalue weighted by Gasteiger charge is 2.20. The summed E-state index contributed by atoms with van der Waals surface area (Å²) in [5.41, 5.74) is 0. The lowest BCUT2D eigenvalue weighted by Gasteiger charge is -2.34. The van der Waals surface area contributed by atoms with Crippen molar-refractivity contribution in [3.63, 3.8) is 0 Å². The molecule has 1 aliphatic heterocycles. The van der Waals surface area contributed by atoms with Gasteiger partial charge in [-0.2, -0.15) is 0 Å².